The highest BCUT2D eigenvalue weighted by Gasteiger charge is 2.29. The largest absolute Gasteiger partial charge is 0.416 e. The first-order valence-electron chi connectivity index (χ1n) is 5.02. The monoisotopic (exact) mass is 215 g/mol. The normalized spacial score (nSPS) is 11.7. The molecule has 0 atom stereocenters. The molecule has 1 aromatic rings. The minimum Gasteiger partial charge on any atom is -0.166 e. The van der Waals surface area contributed by atoms with Crippen LogP contribution < -0.4 is 0 Å². The molecule has 83 valence electrons. The standard InChI is InChI=1S/C12H14F3/c1-2-3-4-5-10-6-8-11(9-7-10)12(13,14)15/h3,6-9H,2,4-5H2,1H3. The molecule has 3 heteroatoms. The van der Waals surface area contributed by atoms with Crippen LogP contribution in [0.3, 0.4) is 0 Å². The first-order valence-corrected chi connectivity index (χ1v) is 5.02. The van der Waals surface area contributed by atoms with Gasteiger partial charge in [0, 0.05) is 0 Å². The summed E-state index contributed by atoms with van der Waals surface area (Å²) >= 11 is 0. The Hall–Kier alpha value is -0.990. The van der Waals surface area contributed by atoms with Gasteiger partial charge in [0.1, 0.15) is 0 Å². The van der Waals surface area contributed by atoms with Crippen molar-refractivity contribution < 1.29 is 13.2 Å². The minimum absolute atomic E-state index is 0.578. The molecular weight excluding hydrogens is 201 g/mol. The molecule has 0 aromatic heterocycles. The van der Waals surface area contributed by atoms with Crippen molar-refractivity contribution in [2.45, 2.75) is 32.4 Å². The highest BCUT2D eigenvalue weighted by molar-refractivity contribution is 5.24. The van der Waals surface area contributed by atoms with E-state index < -0.39 is 11.7 Å². The van der Waals surface area contributed by atoms with Crippen LogP contribution in [0, 0.1) is 6.42 Å². The summed E-state index contributed by atoms with van der Waals surface area (Å²) in [5.74, 6) is 0. The molecule has 0 nitrogen and oxygen atoms in total. The molecule has 0 spiro atoms. The third-order valence-corrected chi connectivity index (χ3v) is 2.21. The predicted octanol–water partition coefficient (Wildman–Crippen LogP) is 4.25. The van der Waals surface area contributed by atoms with Gasteiger partial charge in [0.2, 0.25) is 0 Å². The van der Waals surface area contributed by atoms with Crippen LogP contribution >= 0.6 is 0 Å². The highest BCUT2D eigenvalue weighted by atomic mass is 19.4. The average Bonchev–Trinajstić information content (AvgIpc) is 2.18. The summed E-state index contributed by atoms with van der Waals surface area (Å²) < 4.78 is 36.7. The predicted molar refractivity (Wildman–Crippen MR) is 54.4 cm³/mol. The number of rotatable bonds is 4. The van der Waals surface area contributed by atoms with Crippen LogP contribution in [0.4, 0.5) is 13.2 Å². The second-order valence-electron chi connectivity index (χ2n) is 3.43. The Morgan fingerprint density at radius 3 is 2.20 bits per heavy atom. The van der Waals surface area contributed by atoms with E-state index in [2.05, 4.69) is 6.42 Å². The van der Waals surface area contributed by atoms with Crippen LogP contribution in [0.5, 0.6) is 0 Å². The van der Waals surface area contributed by atoms with E-state index in [1.807, 2.05) is 6.92 Å². The fraction of sp³-hybridized carbons (Fsp3) is 0.417. The fourth-order valence-electron chi connectivity index (χ4n) is 1.33. The van der Waals surface area contributed by atoms with Gasteiger partial charge in [0.15, 0.2) is 0 Å². The van der Waals surface area contributed by atoms with Crippen molar-refractivity contribution in [1.29, 1.82) is 0 Å². The Kier molecular flexibility index (Phi) is 4.18. The van der Waals surface area contributed by atoms with Crippen LogP contribution in [0.2, 0.25) is 0 Å². The van der Waals surface area contributed by atoms with Gasteiger partial charge in [-0.25, -0.2) is 0 Å². The lowest BCUT2D eigenvalue weighted by molar-refractivity contribution is -0.137. The molecule has 0 aliphatic rings. The summed E-state index contributed by atoms with van der Waals surface area (Å²) in [7, 11) is 0. The molecule has 1 radical (unpaired) electrons. The van der Waals surface area contributed by atoms with Gasteiger partial charge in [-0.2, -0.15) is 13.2 Å². The number of halogens is 3. The van der Waals surface area contributed by atoms with Crippen molar-refractivity contribution in [3.63, 3.8) is 0 Å². The van der Waals surface area contributed by atoms with Crippen molar-refractivity contribution in [1.82, 2.24) is 0 Å². The molecule has 0 aliphatic heterocycles. The Morgan fingerprint density at radius 1 is 1.13 bits per heavy atom. The summed E-state index contributed by atoms with van der Waals surface area (Å²) in [5, 5.41) is 0. The van der Waals surface area contributed by atoms with Crippen LogP contribution in [-0.4, -0.2) is 0 Å². The average molecular weight is 215 g/mol. The van der Waals surface area contributed by atoms with Gasteiger partial charge < -0.3 is 0 Å². The van der Waals surface area contributed by atoms with Crippen LogP contribution in [0.15, 0.2) is 24.3 Å². The van der Waals surface area contributed by atoms with E-state index in [9.17, 15) is 13.2 Å². The molecule has 0 N–H and O–H groups in total. The molecule has 0 heterocycles. The number of benzene rings is 1. The minimum atomic E-state index is -4.23. The second-order valence-corrected chi connectivity index (χ2v) is 3.43. The van der Waals surface area contributed by atoms with Gasteiger partial charge in [0.25, 0.3) is 0 Å². The van der Waals surface area contributed by atoms with Crippen LogP contribution in [-0.2, 0) is 12.6 Å². The Bertz CT molecular complexity index is 285. The molecule has 0 saturated heterocycles. The number of hydrogen-bond donors (Lipinski definition) is 0. The summed E-state index contributed by atoms with van der Waals surface area (Å²) in [6, 6.07) is 5.38. The van der Waals surface area contributed by atoms with E-state index in [0.717, 1.165) is 37.0 Å². The summed E-state index contributed by atoms with van der Waals surface area (Å²) in [6.45, 7) is 2.05. The topological polar surface area (TPSA) is 0 Å². The second kappa shape index (κ2) is 5.19. The van der Waals surface area contributed by atoms with E-state index in [-0.39, 0.29) is 0 Å². The number of hydrogen-bond acceptors (Lipinski definition) is 0. The van der Waals surface area contributed by atoms with Crippen molar-refractivity contribution in [2.75, 3.05) is 0 Å². The molecule has 0 amide bonds. The molecule has 0 fully saturated rings. The Labute approximate surface area is 88.1 Å². The van der Waals surface area contributed by atoms with E-state index in [1.165, 1.54) is 0 Å². The molecular formula is C12H14F3. The third-order valence-electron chi connectivity index (χ3n) is 2.21. The zero-order valence-corrected chi connectivity index (χ0v) is 8.64. The fourth-order valence-corrected chi connectivity index (χ4v) is 1.33. The van der Waals surface area contributed by atoms with E-state index >= 15 is 0 Å². The lowest BCUT2D eigenvalue weighted by atomic mass is 10.1. The van der Waals surface area contributed by atoms with Crippen molar-refractivity contribution in [3.8, 4) is 0 Å². The van der Waals surface area contributed by atoms with Crippen molar-refractivity contribution in [3.05, 3.63) is 41.8 Å². The maximum atomic E-state index is 12.2. The Morgan fingerprint density at radius 2 is 1.73 bits per heavy atom. The third kappa shape index (κ3) is 3.94. The van der Waals surface area contributed by atoms with E-state index in [0.29, 0.717) is 0 Å². The lowest BCUT2D eigenvalue weighted by Crippen LogP contribution is -2.04. The van der Waals surface area contributed by atoms with Gasteiger partial charge in [-0.3, -0.25) is 0 Å². The number of aryl methyl sites for hydroxylation is 1. The van der Waals surface area contributed by atoms with E-state index in [4.69, 9.17) is 0 Å². The van der Waals surface area contributed by atoms with Gasteiger partial charge in [0.05, 0.1) is 5.56 Å². The maximum Gasteiger partial charge on any atom is 0.416 e. The smallest absolute Gasteiger partial charge is 0.166 e. The van der Waals surface area contributed by atoms with E-state index in [1.54, 1.807) is 12.1 Å². The molecule has 0 bridgehead atoms. The van der Waals surface area contributed by atoms with Gasteiger partial charge in [-0.15, -0.1) is 0 Å². The molecule has 0 aliphatic carbocycles. The SMILES string of the molecule is CC[CH]CCc1ccc(C(F)(F)F)cc1. The Balaban J connectivity index is 2.57. The summed E-state index contributed by atoms with van der Waals surface area (Å²) in [4.78, 5) is 0. The number of unbranched alkanes of at least 4 members (excludes halogenated alkanes) is 2. The highest BCUT2D eigenvalue weighted by Crippen LogP contribution is 2.29. The first-order chi connectivity index (χ1) is 7.04. The van der Waals surface area contributed by atoms with Crippen molar-refractivity contribution in [2.24, 2.45) is 0 Å². The van der Waals surface area contributed by atoms with Gasteiger partial charge in [-0.05, 0) is 37.0 Å². The van der Waals surface area contributed by atoms with Crippen molar-refractivity contribution >= 4 is 0 Å². The quantitative estimate of drug-likeness (QED) is 0.658. The summed E-state index contributed by atoms with van der Waals surface area (Å²) in [6.07, 6.45) is 0.625. The van der Waals surface area contributed by atoms with Gasteiger partial charge >= 0.3 is 6.18 Å². The summed E-state index contributed by atoms with van der Waals surface area (Å²) in [5.41, 5.74) is 0.374. The maximum absolute atomic E-state index is 12.2. The molecule has 1 aromatic carbocycles. The van der Waals surface area contributed by atoms with Crippen LogP contribution in [0.1, 0.15) is 30.9 Å². The molecule has 15 heavy (non-hydrogen) atoms. The zero-order valence-electron chi connectivity index (χ0n) is 8.64. The number of alkyl halides is 3. The molecule has 1 rings (SSSR count). The van der Waals surface area contributed by atoms with Gasteiger partial charge in [-0.1, -0.05) is 25.5 Å². The molecule has 0 unspecified atom stereocenters. The van der Waals surface area contributed by atoms with Crippen LogP contribution in [0.25, 0.3) is 0 Å². The zero-order chi connectivity index (χ0) is 11.3. The molecule has 0 saturated carbocycles. The lowest BCUT2D eigenvalue weighted by Gasteiger charge is -2.07. The first kappa shape index (κ1) is 12.1.